The minimum absolute atomic E-state index is 0.418. The number of halogens is 1. The highest BCUT2D eigenvalue weighted by Gasteiger charge is 2.19. The summed E-state index contributed by atoms with van der Waals surface area (Å²) >= 11 is 6.22. The fourth-order valence-corrected chi connectivity index (χ4v) is 3.40. The van der Waals surface area contributed by atoms with Crippen LogP contribution in [0.15, 0.2) is 18.2 Å². The van der Waals surface area contributed by atoms with Gasteiger partial charge in [-0.1, -0.05) is 44.2 Å². The average Bonchev–Trinajstić information content (AvgIpc) is 2.67. The van der Waals surface area contributed by atoms with Crippen LogP contribution in [0.1, 0.15) is 62.2 Å². The number of carbonyl (C=O) groups is 1. The van der Waals surface area contributed by atoms with Gasteiger partial charge in [0.1, 0.15) is 0 Å². The molecule has 4 heteroatoms. The van der Waals surface area contributed by atoms with Gasteiger partial charge in [0.25, 0.3) is 0 Å². The second-order valence-electron chi connectivity index (χ2n) is 6.06. The summed E-state index contributed by atoms with van der Waals surface area (Å²) in [7, 11) is 0. The number of hydrogen-bond donors (Lipinski definition) is 2. The van der Waals surface area contributed by atoms with Crippen LogP contribution in [0.3, 0.4) is 0 Å². The molecule has 0 saturated heterocycles. The highest BCUT2D eigenvalue weighted by atomic mass is 35.5. The third-order valence-corrected chi connectivity index (χ3v) is 4.73. The summed E-state index contributed by atoms with van der Waals surface area (Å²) in [4.78, 5) is 11.3. The Morgan fingerprint density at radius 1 is 1.33 bits per heavy atom. The molecule has 3 nitrogen and oxygen atoms in total. The first-order valence-electron chi connectivity index (χ1n) is 7.96. The standard InChI is InChI=1S/C17H25ClN2O/c1-2-4-12-5-3-6-14(9-7-12)20-16-11-13(17(19)21)8-10-15(16)18/h8,10-12,14,20H,2-7,9H2,1H3,(H2,19,21). The summed E-state index contributed by atoms with van der Waals surface area (Å²) in [5, 5.41) is 4.15. The van der Waals surface area contributed by atoms with Crippen LogP contribution in [0.5, 0.6) is 0 Å². The van der Waals surface area contributed by atoms with Crippen LogP contribution in [-0.4, -0.2) is 11.9 Å². The zero-order valence-electron chi connectivity index (χ0n) is 12.7. The first-order valence-corrected chi connectivity index (χ1v) is 8.33. The molecule has 1 amide bonds. The summed E-state index contributed by atoms with van der Waals surface area (Å²) < 4.78 is 0. The molecule has 116 valence electrons. The Morgan fingerprint density at radius 2 is 2.14 bits per heavy atom. The molecule has 0 radical (unpaired) electrons. The Bertz CT molecular complexity index is 490. The van der Waals surface area contributed by atoms with E-state index in [1.54, 1.807) is 18.2 Å². The quantitative estimate of drug-likeness (QED) is 0.781. The lowest BCUT2D eigenvalue weighted by atomic mass is 9.95. The van der Waals surface area contributed by atoms with E-state index < -0.39 is 5.91 Å². The van der Waals surface area contributed by atoms with E-state index in [1.807, 2.05) is 0 Å². The lowest BCUT2D eigenvalue weighted by Crippen LogP contribution is -2.19. The van der Waals surface area contributed by atoms with Gasteiger partial charge in [-0.15, -0.1) is 0 Å². The van der Waals surface area contributed by atoms with Crippen molar-refractivity contribution in [3.8, 4) is 0 Å². The number of hydrogen-bond acceptors (Lipinski definition) is 2. The summed E-state index contributed by atoms with van der Waals surface area (Å²) in [5.74, 6) is 0.452. The van der Waals surface area contributed by atoms with Gasteiger partial charge in [0, 0.05) is 11.6 Å². The second kappa shape index (κ2) is 7.69. The Hall–Kier alpha value is -1.22. The molecule has 0 spiro atoms. The molecule has 2 atom stereocenters. The van der Waals surface area contributed by atoms with Crippen LogP contribution in [-0.2, 0) is 0 Å². The molecule has 1 aliphatic carbocycles. The van der Waals surface area contributed by atoms with E-state index in [0.29, 0.717) is 16.6 Å². The van der Waals surface area contributed by atoms with Gasteiger partial charge < -0.3 is 11.1 Å². The molecular weight excluding hydrogens is 284 g/mol. The number of nitrogens with one attached hydrogen (secondary N) is 1. The number of benzene rings is 1. The van der Waals surface area contributed by atoms with Crippen molar-refractivity contribution in [2.75, 3.05) is 5.32 Å². The number of amides is 1. The smallest absolute Gasteiger partial charge is 0.248 e. The Morgan fingerprint density at radius 3 is 2.86 bits per heavy atom. The minimum Gasteiger partial charge on any atom is -0.381 e. The van der Waals surface area contributed by atoms with Crippen LogP contribution < -0.4 is 11.1 Å². The molecule has 1 aliphatic rings. The molecule has 1 fully saturated rings. The Balaban J connectivity index is 2.01. The summed E-state index contributed by atoms with van der Waals surface area (Å²) in [6.45, 7) is 2.26. The van der Waals surface area contributed by atoms with Gasteiger partial charge in [-0.05, 0) is 43.4 Å². The van der Waals surface area contributed by atoms with E-state index in [-0.39, 0.29) is 0 Å². The first-order chi connectivity index (χ1) is 10.1. The van der Waals surface area contributed by atoms with E-state index in [1.165, 1.54) is 38.5 Å². The lowest BCUT2D eigenvalue weighted by Gasteiger charge is -2.19. The van der Waals surface area contributed by atoms with Gasteiger partial charge in [-0.25, -0.2) is 0 Å². The van der Waals surface area contributed by atoms with E-state index in [2.05, 4.69) is 12.2 Å². The predicted octanol–water partition coefficient (Wildman–Crippen LogP) is 4.60. The third kappa shape index (κ3) is 4.63. The van der Waals surface area contributed by atoms with Crippen molar-refractivity contribution in [2.45, 2.75) is 57.9 Å². The Labute approximate surface area is 132 Å². The van der Waals surface area contributed by atoms with E-state index >= 15 is 0 Å². The van der Waals surface area contributed by atoms with Gasteiger partial charge in [0.05, 0.1) is 10.7 Å². The molecule has 3 N–H and O–H groups in total. The van der Waals surface area contributed by atoms with Crippen LogP contribution in [0.4, 0.5) is 5.69 Å². The molecule has 21 heavy (non-hydrogen) atoms. The second-order valence-corrected chi connectivity index (χ2v) is 6.47. The van der Waals surface area contributed by atoms with Crippen LogP contribution in [0, 0.1) is 5.92 Å². The summed E-state index contributed by atoms with van der Waals surface area (Å²) in [6, 6.07) is 5.60. The number of rotatable bonds is 5. The molecule has 0 heterocycles. The average molecular weight is 309 g/mol. The normalized spacial score (nSPS) is 22.6. The zero-order chi connectivity index (χ0) is 15.2. The van der Waals surface area contributed by atoms with Crippen molar-refractivity contribution in [1.82, 2.24) is 0 Å². The highest BCUT2D eigenvalue weighted by Crippen LogP contribution is 2.30. The van der Waals surface area contributed by atoms with Gasteiger partial charge in [-0.2, -0.15) is 0 Å². The van der Waals surface area contributed by atoms with Gasteiger partial charge in [0.15, 0.2) is 0 Å². The predicted molar refractivity (Wildman–Crippen MR) is 88.9 cm³/mol. The molecule has 0 aromatic heterocycles. The van der Waals surface area contributed by atoms with Crippen LogP contribution >= 0.6 is 11.6 Å². The van der Waals surface area contributed by atoms with Gasteiger partial charge >= 0.3 is 0 Å². The van der Waals surface area contributed by atoms with E-state index in [9.17, 15) is 4.79 Å². The SMILES string of the molecule is CCCC1CCCC(Nc2cc(C(N)=O)ccc2Cl)CC1. The fourth-order valence-electron chi connectivity index (χ4n) is 3.23. The monoisotopic (exact) mass is 308 g/mol. The third-order valence-electron chi connectivity index (χ3n) is 4.40. The molecule has 0 aliphatic heterocycles. The Kier molecular flexibility index (Phi) is 5.92. The number of anilines is 1. The maximum absolute atomic E-state index is 11.3. The number of primary amides is 1. The first kappa shape index (κ1) is 16.2. The molecule has 2 rings (SSSR count). The fraction of sp³-hybridized carbons (Fsp3) is 0.588. The van der Waals surface area contributed by atoms with E-state index in [0.717, 1.165) is 18.0 Å². The molecule has 0 bridgehead atoms. The van der Waals surface area contributed by atoms with E-state index in [4.69, 9.17) is 17.3 Å². The van der Waals surface area contributed by atoms with Crippen molar-refractivity contribution in [2.24, 2.45) is 11.7 Å². The van der Waals surface area contributed by atoms with Crippen LogP contribution in [0.25, 0.3) is 0 Å². The van der Waals surface area contributed by atoms with Crippen molar-refractivity contribution >= 4 is 23.2 Å². The van der Waals surface area contributed by atoms with Gasteiger partial charge in [0.2, 0.25) is 5.91 Å². The summed E-state index contributed by atoms with van der Waals surface area (Å²) in [5.41, 5.74) is 6.66. The molecule has 1 aromatic carbocycles. The molecule has 2 unspecified atom stereocenters. The summed E-state index contributed by atoms with van der Waals surface area (Å²) in [6.07, 6.45) is 8.81. The highest BCUT2D eigenvalue weighted by molar-refractivity contribution is 6.33. The number of carbonyl (C=O) groups excluding carboxylic acids is 1. The van der Waals surface area contributed by atoms with Crippen molar-refractivity contribution in [3.05, 3.63) is 28.8 Å². The molecule has 1 saturated carbocycles. The van der Waals surface area contributed by atoms with Crippen molar-refractivity contribution < 1.29 is 4.79 Å². The minimum atomic E-state index is -0.418. The largest absolute Gasteiger partial charge is 0.381 e. The van der Waals surface area contributed by atoms with Crippen molar-refractivity contribution in [3.63, 3.8) is 0 Å². The van der Waals surface area contributed by atoms with Crippen LogP contribution in [0.2, 0.25) is 5.02 Å². The maximum Gasteiger partial charge on any atom is 0.248 e. The lowest BCUT2D eigenvalue weighted by molar-refractivity contribution is 0.100. The molecular formula is C17H25ClN2O. The zero-order valence-corrected chi connectivity index (χ0v) is 13.5. The topological polar surface area (TPSA) is 55.1 Å². The molecule has 1 aromatic rings. The maximum atomic E-state index is 11.3. The number of nitrogens with two attached hydrogens (primary N) is 1. The van der Waals surface area contributed by atoms with Crippen molar-refractivity contribution in [1.29, 1.82) is 0 Å². The van der Waals surface area contributed by atoms with Gasteiger partial charge in [-0.3, -0.25) is 4.79 Å².